The Morgan fingerprint density at radius 1 is 1.05 bits per heavy atom. The molecule has 2 aliphatic rings. The number of nitrogens with zero attached hydrogens (tertiary/aromatic N) is 2. The molecule has 7 heteroatoms. The van der Waals surface area contributed by atoms with Gasteiger partial charge in [0.15, 0.2) is 0 Å². The van der Waals surface area contributed by atoms with Crippen molar-refractivity contribution in [2.24, 2.45) is 5.73 Å². The maximum absolute atomic E-state index is 12.2. The molecule has 0 aromatic heterocycles. The van der Waals surface area contributed by atoms with Crippen LogP contribution in [-0.4, -0.2) is 50.1 Å². The van der Waals surface area contributed by atoms with Crippen LogP contribution in [0.15, 0.2) is 24.3 Å². The topological polar surface area (TPSA) is 83.7 Å². The molecule has 0 atom stereocenters. The van der Waals surface area contributed by atoms with Crippen molar-refractivity contribution in [3.05, 3.63) is 29.8 Å². The van der Waals surface area contributed by atoms with Gasteiger partial charge in [-0.2, -0.15) is 4.31 Å². The smallest absolute Gasteiger partial charge is 0.248 e. The van der Waals surface area contributed by atoms with Crippen molar-refractivity contribution < 1.29 is 13.2 Å². The fraction of sp³-hybridized carbons (Fsp3) is 0.500. The summed E-state index contributed by atoms with van der Waals surface area (Å²) in [6.45, 7) is 2.39. The minimum atomic E-state index is -3.07. The van der Waals surface area contributed by atoms with Crippen LogP contribution in [0.4, 0.5) is 5.69 Å². The summed E-state index contributed by atoms with van der Waals surface area (Å²) in [4.78, 5) is 13.2. The van der Waals surface area contributed by atoms with Crippen molar-refractivity contribution in [3.8, 4) is 0 Å². The van der Waals surface area contributed by atoms with Crippen LogP contribution in [0.25, 0.3) is 0 Å². The second kappa shape index (κ2) is 5.31. The number of piperazine rings is 1. The summed E-state index contributed by atoms with van der Waals surface area (Å²) in [5.74, 6) is -0.443. The first-order chi connectivity index (χ1) is 9.98. The molecule has 3 rings (SSSR count). The number of primary amides is 1. The Morgan fingerprint density at radius 2 is 1.62 bits per heavy atom. The number of hydrogen-bond donors (Lipinski definition) is 1. The number of benzene rings is 1. The van der Waals surface area contributed by atoms with Gasteiger partial charge in [0.1, 0.15) is 0 Å². The van der Waals surface area contributed by atoms with Crippen LogP contribution in [0.2, 0.25) is 0 Å². The number of rotatable bonds is 4. The Hall–Kier alpha value is -1.60. The summed E-state index contributed by atoms with van der Waals surface area (Å²) < 4.78 is 25.9. The fourth-order valence-electron chi connectivity index (χ4n) is 2.61. The van der Waals surface area contributed by atoms with E-state index in [2.05, 4.69) is 4.90 Å². The minimum Gasteiger partial charge on any atom is -0.369 e. The molecule has 6 nitrogen and oxygen atoms in total. The number of anilines is 1. The highest BCUT2D eigenvalue weighted by Crippen LogP contribution is 2.31. The lowest BCUT2D eigenvalue weighted by molar-refractivity contribution is 0.100. The maximum Gasteiger partial charge on any atom is 0.248 e. The largest absolute Gasteiger partial charge is 0.369 e. The lowest BCUT2D eigenvalue weighted by Gasteiger charge is -2.35. The normalized spacial score (nSPS) is 20.5. The number of carbonyl (C=O) groups is 1. The van der Waals surface area contributed by atoms with E-state index in [9.17, 15) is 13.2 Å². The molecule has 1 aliphatic carbocycles. The predicted molar refractivity (Wildman–Crippen MR) is 80.7 cm³/mol. The van der Waals surface area contributed by atoms with Gasteiger partial charge in [-0.25, -0.2) is 8.42 Å². The molecule has 21 heavy (non-hydrogen) atoms. The SMILES string of the molecule is NC(=O)c1ccc(N2CCN(S(=O)(=O)C3CC3)CC2)cc1. The molecule has 1 aromatic carbocycles. The molecular formula is C14H19N3O3S. The van der Waals surface area contributed by atoms with Gasteiger partial charge in [0.05, 0.1) is 5.25 Å². The summed E-state index contributed by atoms with van der Waals surface area (Å²) in [7, 11) is -3.07. The monoisotopic (exact) mass is 309 g/mol. The molecule has 1 saturated heterocycles. The van der Waals surface area contributed by atoms with Crippen LogP contribution in [0.1, 0.15) is 23.2 Å². The Bertz CT molecular complexity index is 630. The van der Waals surface area contributed by atoms with Crippen molar-refractivity contribution in [1.29, 1.82) is 0 Å². The Balaban J connectivity index is 1.64. The van der Waals surface area contributed by atoms with Crippen molar-refractivity contribution in [2.75, 3.05) is 31.1 Å². The molecule has 2 fully saturated rings. The molecular weight excluding hydrogens is 290 g/mol. The summed E-state index contributed by atoms with van der Waals surface area (Å²) in [6, 6.07) is 7.10. The first kappa shape index (κ1) is 14.3. The second-order valence-electron chi connectivity index (χ2n) is 5.54. The van der Waals surface area contributed by atoms with Crippen LogP contribution in [0, 0.1) is 0 Å². The highest BCUT2D eigenvalue weighted by molar-refractivity contribution is 7.90. The maximum atomic E-state index is 12.2. The number of sulfonamides is 1. The van der Waals surface area contributed by atoms with Gasteiger partial charge < -0.3 is 10.6 Å². The lowest BCUT2D eigenvalue weighted by atomic mass is 10.2. The quantitative estimate of drug-likeness (QED) is 0.872. The molecule has 1 aromatic rings. The standard InChI is InChI=1S/C14H19N3O3S/c15-14(18)11-1-3-12(4-2-11)16-7-9-17(10-8-16)21(19,20)13-5-6-13/h1-4,13H,5-10H2,(H2,15,18). The predicted octanol–water partition coefficient (Wildman–Crippen LogP) is 0.400. The van der Waals surface area contributed by atoms with Gasteiger partial charge in [-0.3, -0.25) is 4.79 Å². The zero-order valence-corrected chi connectivity index (χ0v) is 12.6. The summed E-state index contributed by atoms with van der Waals surface area (Å²) in [5.41, 5.74) is 6.69. The van der Waals surface area contributed by atoms with Crippen LogP contribution < -0.4 is 10.6 Å². The Morgan fingerprint density at radius 3 is 2.10 bits per heavy atom. The number of nitrogens with two attached hydrogens (primary N) is 1. The molecule has 1 saturated carbocycles. The van der Waals surface area contributed by atoms with E-state index in [0.29, 0.717) is 31.7 Å². The summed E-state index contributed by atoms with van der Waals surface area (Å²) >= 11 is 0. The molecule has 0 radical (unpaired) electrons. The second-order valence-corrected chi connectivity index (χ2v) is 7.75. The van der Waals surface area contributed by atoms with Crippen molar-refractivity contribution in [1.82, 2.24) is 4.31 Å². The molecule has 1 amide bonds. The number of amides is 1. The zero-order valence-electron chi connectivity index (χ0n) is 11.7. The van der Waals surface area contributed by atoms with Crippen LogP contribution in [-0.2, 0) is 10.0 Å². The van der Waals surface area contributed by atoms with Crippen molar-refractivity contribution in [2.45, 2.75) is 18.1 Å². The molecule has 2 N–H and O–H groups in total. The first-order valence-corrected chi connectivity index (χ1v) is 8.62. The van der Waals surface area contributed by atoms with E-state index >= 15 is 0 Å². The first-order valence-electron chi connectivity index (χ1n) is 7.12. The van der Waals surface area contributed by atoms with Gasteiger partial charge in [-0.05, 0) is 37.1 Å². The van der Waals surface area contributed by atoms with Crippen molar-refractivity contribution >= 4 is 21.6 Å². The third-order valence-electron chi connectivity index (χ3n) is 4.06. The lowest BCUT2D eigenvalue weighted by Crippen LogP contribution is -2.49. The third-order valence-corrected chi connectivity index (χ3v) is 6.46. The van der Waals surface area contributed by atoms with Gasteiger partial charge >= 0.3 is 0 Å². The average molecular weight is 309 g/mol. The van der Waals surface area contributed by atoms with Crippen LogP contribution in [0.5, 0.6) is 0 Å². The molecule has 0 spiro atoms. The van der Waals surface area contributed by atoms with Gasteiger partial charge in [-0.1, -0.05) is 0 Å². The van der Waals surface area contributed by atoms with E-state index < -0.39 is 15.9 Å². The van der Waals surface area contributed by atoms with E-state index in [1.165, 1.54) is 0 Å². The molecule has 1 aliphatic heterocycles. The fourth-order valence-corrected chi connectivity index (χ4v) is 4.44. The molecule has 0 unspecified atom stereocenters. The van der Waals surface area contributed by atoms with Gasteiger partial charge in [0.25, 0.3) is 0 Å². The number of hydrogen-bond acceptors (Lipinski definition) is 4. The van der Waals surface area contributed by atoms with E-state index in [-0.39, 0.29) is 5.25 Å². The van der Waals surface area contributed by atoms with E-state index in [4.69, 9.17) is 5.73 Å². The van der Waals surface area contributed by atoms with E-state index in [1.54, 1.807) is 16.4 Å². The Labute approximate surface area is 124 Å². The van der Waals surface area contributed by atoms with Crippen molar-refractivity contribution in [3.63, 3.8) is 0 Å². The zero-order chi connectivity index (χ0) is 15.0. The molecule has 1 heterocycles. The van der Waals surface area contributed by atoms with Crippen LogP contribution in [0.3, 0.4) is 0 Å². The summed E-state index contributed by atoms with van der Waals surface area (Å²) in [6.07, 6.45) is 1.61. The number of carbonyl (C=O) groups excluding carboxylic acids is 1. The Kier molecular flexibility index (Phi) is 3.62. The molecule has 0 bridgehead atoms. The van der Waals surface area contributed by atoms with Crippen LogP contribution >= 0.6 is 0 Å². The highest BCUT2D eigenvalue weighted by Gasteiger charge is 2.40. The summed E-state index contributed by atoms with van der Waals surface area (Å²) in [5, 5.41) is -0.140. The van der Waals surface area contributed by atoms with E-state index in [1.807, 2.05) is 12.1 Å². The minimum absolute atomic E-state index is 0.140. The van der Waals surface area contributed by atoms with Gasteiger partial charge in [0.2, 0.25) is 15.9 Å². The highest BCUT2D eigenvalue weighted by atomic mass is 32.2. The van der Waals surface area contributed by atoms with E-state index in [0.717, 1.165) is 18.5 Å². The average Bonchev–Trinajstić information content (AvgIpc) is 3.32. The third kappa shape index (κ3) is 2.89. The van der Waals surface area contributed by atoms with Gasteiger partial charge in [-0.15, -0.1) is 0 Å². The molecule has 114 valence electrons. The van der Waals surface area contributed by atoms with Gasteiger partial charge in [0, 0.05) is 37.4 Å².